The van der Waals surface area contributed by atoms with E-state index in [1.54, 1.807) is 4.31 Å². The summed E-state index contributed by atoms with van der Waals surface area (Å²) in [6.45, 7) is 6.77. The van der Waals surface area contributed by atoms with Crippen LogP contribution in [0, 0.1) is 0 Å². The fraction of sp³-hybridized carbons (Fsp3) is 1.00. The van der Waals surface area contributed by atoms with Crippen LogP contribution < -0.4 is 0 Å². The standard InChI is InChI=1S/C8H17NO2S.C2H6/c1-3-8-6-4-5-7-9(8)12(2,10)11;1-2/h8H,3-7H2,1-2H3;1-2H3. The summed E-state index contributed by atoms with van der Waals surface area (Å²) in [5.74, 6) is 0. The Balaban J connectivity index is 0.000000791. The zero-order valence-electron chi connectivity index (χ0n) is 9.78. The lowest BCUT2D eigenvalue weighted by Gasteiger charge is -2.32. The predicted octanol–water partition coefficient (Wildman–Crippen LogP) is 2.24. The van der Waals surface area contributed by atoms with Gasteiger partial charge in [-0.25, -0.2) is 8.42 Å². The summed E-state index contributed by atoms with van der Waals surface area (Å²) in [4.78, 5) is 0. The Morgan fingerprint density at radius 2 is 1.86 bits per heavy atom. The van der Waals surface area contributed by atoms with Crippen molar-refractivity contribution < 1.29 is 8.42 Å². The Bertz CT molecular complexity index is 237. The molecule has 0 spiro atoms. The van der Waals surface area contributed by atoms with Crippen LogP contribution in [0.1, 0.15) is 46.5 Å². The second-order valence-corrected chi connectivity index (χ2v) is 5.37. The summed E-state index contributed by atoms with van der Waals surface area (Å²) >= 11 is 0. The van der Waals surface area contributed by atoms with Gasteiger partial charge in [0.1, 0.15) is 0 Å². The molecule has 0 bridgehead atoms. The Hall–Kier alpha value is -0.0900. The molecule has 3 nitrogen and oxygen atoms in total. The Kier molecular flexibility index (Phi) is 6.36. The molecule has 1 aliphatic heterocycles. The number of rotatable bonds is 2. The molecule has 1 unspecified atom stereocenters. The van der Waals surface area contributed by atoms with Crippen molar-refractivity contribution in [2.45, 2.75) is 52.5 Å². The third-order valence-electron chi connectivity index (χ3n) is 2.47. The molecule has 0 aliphatic carbocycles. The van der Waals surface area contributed by atoms with E-state index in [9.17, 15) is 8.42 Å². The van der Waals surface area contributed by atoms with E-state index in [0.29, 0.717) is 0 Å². The summed E-state index contributed by atoms with van der Waals surface area (Å²) < 4.78 is 24.2. The predicted molar refractivity (Wildman–Crippen MR) is 60.8 cm³/mol. The van der Waals surface area contributed by atoms with Crippen LogP contribution in [-0.4, -0.2) is 31.6 Å². The van der Waals surface area contributed by atoms with E-state index >= 15 is 0 Å². The number of sulfonamides is 1. The van der Waals surface area contributed by atoms with E-state index in [1.807, 2.05) is 20.8 Å². The summed E-state index contributed by atoms with van der Waals surface area (Å²) in [6.07, 6.45) is 5.46. The first-order valence-electron chi connectivity index (χ1n) is 5.52. The fourth-order valence-electron chi connectivity index (χ4n) is 1.82. The smallest absolute Gasteiger partial charge is 0.211 e. The zero-order valence-corrected chi connectivity index (χ0v) is 10.6. The molecule has 0 saturated carbocycles. The van der Waals surface area contributed by atoms with Gasteiger partial charge in [-0.05, 0) is 19.3 Å². The molecule has 1 saturated heterocycles. The number of nitrogens with zero attached hydrogens (tertiary/aromatic N) is 1. The number of piperidine rings is 1. The minimum Gasteiger partial charge on any atom is -0.212 e. The molecule has 0 aromatic carbocycles. The van der Waals surface area contributed by atoms with E-state index in [4.69, 9.17) is 0 Å². The van der Waals surface area contributed by atoms with E-state index < -0.39 is 10.0 Å². The van der Waals surface area contributed by atoms with Gasteiger partial charge >= 0.3 is 0 Å². The highest BCUT2D eigenvalue weighted by Crippen LogP contribution is 2.21. The average molecular weight is 221 g/mol. The lowest BCUT2D eigenvalue weighted by atomic mass is 10.0. The highest BCUT2D eigenvalue weighted by molar-refractivity contribution is 7.88. The molecule has 0 aromatic heterocycles. The normalized spacial score (nSPS) is 23.9. The molecule has 1 rings (SSSR count). The number of hydrogen-bond acceptors (Lipinski definition) is 2. The maximum atomic E-state index is 11.3. The van der Waals surface area contributed by atoms with Crippen molar-refractivity contribution in [1.29, 1.82) is 0 Å². The Labute approximate surface area is 88.5 Å². The van der Waals surface area contributed by atoms with Crippen LogP contribution in [0.25, 0.3) is 0 Å². The van der Waals surface area contributed by atoms with Gasteiger partial charge in [0.25, 0.3) is 0 Å². The van der Waals surface area contributed by atoms with Crippen LogP contribution in [0.2, 0.25) is 0 Å². The molecule has 1 atom stereocenters. The second-order valence-electron chi connectivity index (χ2n) is 3.43. The van der Waals surface area contributed by atoms with Crippen LogP contribution in [0.5, 0.6) is 0 Å². The monoisotopic (exact) mass is 221 g/mol. The highest BCUT2D eigenvalue weighted by Gasteiger charge is 2.27. The van der Waals surface area contributed by atoms with Crippen molar-refractivity contribution in [3.63, 3.8) is 0 Å². The highest BCUT2D eigenvalue weighted by atomic mass is 32.2. The topological polar surface area (TPSA) is 37.4 Å². The van der Waals surface area contributed by atoms with Crippen molar-refractivity contribution in [3.8, 4) is 0 Å². The van der Waals surface area contributed by atoms with Crippen molar-refractivity contribution >= 4 is 10.0 Å². The zero-order chi connectivity index (χ0) is 11.2. The molecule has 0 amide bonds. The van der Waals surface area contributed by atoms with Gasteiger partial charge in [0, 0.05) is 12.6 Å². The van der Waals surface area contributed by atoms with E-state index in [0.717, 1.165) is 25.8 Å². The molecule has 1 aliphatic rings. The SMILES string of the molecule is CC.CCC1CCCCN1S(C)(=O)=O. The summed E-state index contributed by atoms with van der Waals surface area (Å²) in [7, 11) is -2.95. The summed E-state index contributed by atoms with van der Waals surface area (Å²) in [5.41, 5.74) is 0. The summed E-state index contributed by atoms with van der Waals surface area (Å²) in [6, 6.07) is 0.258. The van der Waals surface area contributed by atoms with Gasteiger partial charge in [0.2, 0.25) is 10.0 Å². The lowest BCUT2D eigenvalue weighted by Crippen LogP contribution is -2.42. The molecule has 1 fully saturated rings. The third-order valence-corrected chi connectivity index (χ3v) is 3.80. The van der Waals surface area contributed by atoms with E-state index in [2.05, 4.69) is 0 Å². The first kappa shape index (κ1) is 13.9. The van der Waals surface area contributed by atoms with Gasteiger partial charge < -0.3 is 0 Å². The minimum atomic E-state index is -2.95. The van der Waals surface area contributed by atoms with Gasteiger partial charge in [0.05, 0.1) is 6.26 Å². The molecular weight excluding hydrogens is 198 g/mol. The van der Waals surface area contributed by atoms with Gasteiger partial charge in [-0.2, -0.15) is 4.31 Å². The van der Waals surface area contributed by atoms with E-state index in [1.165, 1.54) is 12.7 Å². The Morgan fingerprint density at radius 3 is 2.21 bits per heavy atom. The number of hydrogen-bond donors (Lipinski definition) is 0. The average Bonchev–Trinajstić information content (AvgIpc) is 2.19. The molecule has 14 heavy (non-hydrogen) atoms. The Morgan fingerprint density at radius 1 is 1.29 bits per heavy atom. The van der Waals surface area contributed by atoms with Gasteiger partial charge in [-0.3, -0.25) is 0 Å². The first-order valence-corrected chi connectivity index (χ1v) is 7.37. The largest absolute Gasteiger partial charge is 0.212 e. The van der Waals surface area contributed by atoms with Crippen LogP contribution in [-0.2, 0) is 10.0 Å². The lowest BCUT2D eigenvalue weighted by molar-refractivity contribution is 0.248. The molecule has 4 heteroatoms. The summed E-state index contributed by atoms with van der Waals surface area (Å²) in [5, 5.41) is 0. The van der Waals surface area contributed by atoms with Crippen molar-refractivity contribution in [2.24, 2.45) is 0 Å². The van der Waals surface area contributed by atoms with Crippen LogP contribution in [0.15, 0.2) is 0 Å². The molecule has 0 radical (unpaired) electrons. The maximum absolute atomic E-state index is 11.3. The second kappa shape index (κ2) is 6.40. The van der Waals surface area contributed by atoms with Crippen molar-refractivity contribution in [2.75, 3.05) is 12.8 Å². The molecule has 1 heterocycles. The fourth-order valence-corrected chi connectivity index (χ4v) is 3.08. The minimum absolute atomic E-state index is 0.258. The molecule has 0 N–H and O–H groups in total. The maximum Gasteiger partial charge on any atom is 0.211 e. The molecule has 86 valence electrons. The van der Waals surface area contributed by atoms with E-state index in [-0.39, 0.29) is 6.04 Å². The van der Waals surface area contributed by atoms with Crippen LogP contribution >= 0.6 is 0 Å². The van der Waals surface area contributed by atoms with Gasteiger partial charge in [0.15, 0.2) is 0 Å². The quantitative estimate of drug-likeness (QED) is 0.717. The van der Waals surface area contributed by atoms with Gasteiger partial charge in [-0.15, -0.1) is 0 Å². The first-order chi connectivity index (χ1) is 6.55. The third kappa shape index (κ3) is 3.96. The van der Waals surface area contributed by atoms with Crippen LogP contribution in [0.3, 0.4) is 0 Å². The van der Waals surface area contributed by atoms with Gasteiger partial charge in [-0.1, -0.05) is 27.2 Å². The molecular formula is C10H23NO2S. The van der Waals surface area contributed by atoms with Crippen LogP contribution in [0.4, 0.5) is 0 Å². The van der Waals surface area contributed by atoms with Crippen molar-refractivity contribution in [3.05, 3.63) is 0 Å². The van der Waals surface area contributed by atoms with Crippen molar-refractivity contribution in [1.82, 2.24) is 4.31 Å². The molecule has 0 aromatic rings.